The summed E-state index contributed by atoms with van der Waals surface area (Å²) in [5.74, 6) is 2.67. The molecule has 0 atom stereocenters. The van der Waals surface area contributed by atoms with Crippen LogP contribution in [-0.4, -0.2) is 25.2 Å². The molecule has 0 saturated carbocycles. The SMILES string of the molecule is NNc1c(F)cc(C(=O)NC2CCOCC2)cc1F. The maximum atomic E-state index is 13.5. The van der Waals surface area contributed by atoms with E-state index in [2.05, 4.69) is 5.32 Å². The molecule has 1 saturated heterocycles. The summed E-state index contributed by atoms with van der Waals surface area (Å²) in [5.41, 5.74) is 1.39. The van der Waals surface area contributed by atoms with Crippen LogP contribution in [0.1, 0.15) is 23.2 Å². The average molecular weight is 271 g/mol. The van der Waals surface area contributed by atoms with E-state index in [9.17, 15) is 13.6 Å². The van der Waals surface area contributed by atoms with E-state index in [-0.39, 0.29) is 11.6 Å². The molecule has 104 valence electrons. The van der Waals surface area contributed by atoms with E-state index in [4.69, 9.17) is 10.6 Å². The van der Waals surface area contributed by atoms with Crippen LogP contribution < -0.4 is 16.6 Å². The standard InChI is InChI=1S/C12H15F2N3O2/c13-9-5-7(6-10(14)11(9)17-15)12(18)16-8-1-3-19-4-2-8/h5-6,8,17H,1-4,15H2,(H,16,18). The molecule has 1 heterocycles. The fourth-order valence-electron chi connectivity index (χ4n) is 1.95. The first-order valence-corrected chi connectivity index (χ1v) is 5.96. The van der Waals surface area contributed by atoms with Gasteiger partial charge in [0, 0.05) is 24.8 Å². The van der Waals surface area contributed by atoms with Gasteiger partial charge in [-0.05, 0) is 25.0 Å². The van der Waals surface area contributed by atoms with Crippen LogP contribution in [-0.2, 0) is 4.74 Å². The minimum Gasteiger partial charge on any atom is -0.381 e. The molecule has 1 aliphatic rings. The van der Waals surface area contributed by atoms with Gasteiger partial charge in [-0.3, -0.25) is 10.6 Å². The number of nitrogen functional groups attached to an aromatic ring is 1. The Balaban J connectivity index is 2.10. The third-order valence-electron chi connectivity index (χ3n) is 3.01. The number of benzene rings is 1. The number of nitrogens with one attached hydrogen (secondary N) is 2. The van der Waals surface area contributed by atoms with E-state index in [1.165, 1.54) is 0 Å². The van der Waals surface area contributed by atoms with Crippen molar-refractivity contribution in [3.8, 4) is 0 Å². The van der Waals surface area contributed by atoms with Crippen LogP contribution in [0, 0.1) is 11.6 Å². The summed E-state index contributed by atoms with van der Waals surface area (Å²) < 4.78 is 32.1. The molecule has 1 aromatic carbocycles. The molecule has 1 aliphatic heterocycles. The Morgan fingerprint density at radius 1 is 1.26 bits per heavy atom. The van der Waals surface area contributed by atoms with Crippen molar-refractivity contribution in [2.75, 3.05) is 18.6 Å². The molecule has 2 rings (SSSR count). The number of halogens is 2. The van der Waals surface area contributed by atoms with Crippen molar-refractivity contribution in [3.63, 3.8) is 0 Å². The lowest BCUT2D eigenvalue weighted by Gasteiger charge is -2.23. The van der Waals surface area contributed by atoms with Gasteiger partial charge in [-0.15, -0.1) is 0 Å². The van der Waals surface area contributed by atoms with Gasteiger partial charge in [0.1, 0.15) is 5.69 Å². The van der Waals surface area contributed by atoms with Crippen molar-refractivity contribution < 1.29 is 18.3 Å². The minimum atomic E-state index is -0.903. The summed E-state index contributed by atoms with van der Waals surface area (Å²) in [4.78, 5) is 11.9. The molecule has 0 unspecified atom stereocenters. The van der Waals surface area contributed by atoms with Crippen molar-refractivity contribution in [1.82, 2.24) is 5.32 Å². The molecule has 0 aromatic heterocycles. The number of rotatable bonds is 3. The van der Waals surface area contributed by atoms with E-state index in [0.29, 0.717) is 26.1 Å². The van der Waals surface area contributed by atoms with Gasteiger partial charge in [0.15, 0.2) is 11.6 Å². The third kappa shape index (κ3) is 3.18. The number of carbonyl (C=O) groups excluding carboxylic acids is 1. The second kappa shape index (κ2) is 5.94. The van der Waals surface area contributed by atoms with E-state index in [0.717, 1.165) is 12.1 Å². The molecule has 0 radical (unpaired) electrons. The summed E-state index contributed by atoms with van der Waals surface area (Å²) in [6.07, 6.45) is 1.39. The number of amides is 1. The number of anilines is 1. The van der Waals surface area contributed by atoms with Gasteiger partial charge in [-0.1, -0.05) is 0 Å². The van der Waals surface area contributed by atoms with Crippen LogP contribution in [0.5, 0.6) is 0 Å². The zero-order valence-corrected chi connectivity index (χ0v) is 10.2. The first kappa shape index (κ1) is 13.7. The summed E-state index contributed by atoms with van der Waals surface area (Å²) >= 11 is 0. The number of hydrogen-bond donors (Lipinski definition) is 3. The van der Waals surface area contributed by atoms with E-state index >= 15 is 0 Å². The highest BCUT2D eigenvalue weighted by Crippen LogP contribution is 2.20. The highest BCUT2D eigenvalue weighted by Gasteiger charge is 2.19. The Hall–Kier alpha value is -1.73. The second-order valence-electron chi connectivity index (χ2n) is 4.32. The van der Waals surface area contributed by atoms with Gasteiger partial charge in [-0.25, -0.2) is 8.78 Å². The Morgan fingerprint density at radius 3 is 2.37 bits per heavy atom. The molecule has 0 bridgehead atoms. The maximum Gasteiger partial charge on any atom is 0.251 e. The summed E-state index contributed by atoms with van der Waals surface area (Å²) in [5, 5.41) is 2.72. The van der Waals surface area contributed by atoms with Crippen molar-refractivity contribution in [3.05, 3.63) is 29.3 Å². The summed E-state index contributed by atoms with van der Waals surface area (Å²) in [6, 6.07) is 1.87. The number of ether oxygens (including phenoxy) is 1. The van der Waals surface area contributed by atoms with Crippen LogP contribution in [0.25, 0.3) is 0 Å². The van der Waals surface area contributed by atoms with Gasteiger partial charge in [0.05, 0.1) is 0 Å². The lowest BCUT2D eigenvalue weighted by atomic mass is 10.1. The molecule has 19 heavy (non-hydrogen) atoms. The first-order valence-electron chi connectivity index (χ1n) is 5.96. The second-order valence-corrected chi connectivity index (χ2v) is 4.32. The zero-order valence-electron chi connectivity index (χ0n) is 10.2. The highest BCUT2D eigenvalue weighted by atomic mass is 19.1. The van der Waals surface area contributed by atoms with Crippen molar-refractivity contribution >= 4 is 11.6 Å². The Kier molecular flexibility index (Phi) is 4.28. The van der Waals surface area contributed by atoms with Crippen LogP contribution in [0.4, 0.5) is 14.5 Å². The van der Waals surface area contributed by atoms with Crippen molar-refractivity contribution in [1.29, 1.82) is 0 Å². The van der Waals surface area contributed by atoms with E-state index in [1.807, 2.05) is 5.43 Å². The lowest BCUT2D eigenvalue weighted by Crippen LogP contribution is -2.39. The molecule has 7 heteroatoms. The van der Waals surface area contributed by atoms with Gasteiger partial charge in [0.2, 0.25) is 0 Å². The van der Waals surface area contributed by atoms with Crippen LogP contribution in [0.2, 0.25) is 0 Å². The molecule has 0 aliphatic carbocycles. The van der Waals surface area contributed by atoms with Gasteiger partial charge in [-0.2, -0.15) is 0 Å². The Labute approximate surface area is 109 Å². The molecule has 1 fully saturated rings. The number of hydrazine groups is 1. The molecule has 0 spiro atoms. The molecular weight excluding hydrogens is 256 g/mol. The topological polar surface area (TPSA) is 76.4 Å². The maximum absolute atomic E-state index is 13.5. The van der Waals surface area contributed by atoms with Crippen molar-refractivity contribution in [2.45, 2.75) is 18.9 Å². The molecule has 1 amide bonds. The van der Waals surface area contributed by atoms with Crippen LogP contribution >= 0.6 is 0 Å². The Bertz CT molecular complexity index is 453. The highest BCUT2D eigenvalue weighted by molar-refractivity contribution is 5.94. The third-order valence-corrected chi connectivity index (χ3v) is 3.01. The quantitative estimate of drug-likeness (QED) is 0.569. The average Bonchev–Trinajstić information content (AvgIpc) is 2.39. The predicted molar refractivity (Wildman–Crippen MR) is 65.5 cm³/mol. The first-order chi connectivity index (χ1) is 9.11. The van der Waals surface area contributed by atoms with E-state index < -0.39 is 23.2 Å². The molecule has 1 aromatic rings. The number of hydrogen-bond acceptors (Lipinski definition) is 4. The fourth-order valence-corrected chi connectivity index (χ4v) is 1.95. The number of carbonyl (C=O) groups is 1. The van der Waals surface area contributed by atoms with Gasteiger partial charge in [0.25, 0.3) is 5.91 Å². The van der Waals surface area contributed by atoms with Crippen LogP contribution in [0.15, 0.2) is 12.1 Å². The summed E-state index contributed by atoms with van der Waals surface area (Å²) in [7, 11) is 0. The smallest absolute Gasteiger partial charge is 0.251 e. The fraction of sp³-hybridized carbons (Fsp3) is 0.417. The van der Waals surface area contributed by atoms with Gasteiger partial charge >= 0.3 is 0 Å². The lowest BCUT2D eigenvalue weighted by molar-refractivity contribution is 0.0696. The summed E-state index contributed by atoms with van der Waals surface area (Å²) in [6.45, 7) is 1.15. The predicted octanol–water partition coefficient (Wildman–Crippen LogP) is 1.16. The monoisotopic (exact) mass is 271 g/mol. The Morgan fingerprint density at radius 2 is 1.84 bits per heavy atom. The largest absolute Gasteiger partial charge is 0.381 e. The van der Waals surface area contributed by atoms with Crippen LogP contribution in [0.3, 0.4) is 0 Å². The van der Waals surface area contributed by atoms with Gasteiger partial charge < -0.3 is 15.5 Å². The zero-order chi connectivity index (χ0) is 13.8. The normalized spacial score (nSPS) is 16.2. The molecule has 4 N–H and O–H groups in total. The van der Waals surface area contributed by atoms with E-state index in [1.54, 1.807) is 0 Å². The minimum absolute atomic E-state index is 0.0281. The number of nitrogens with two attached hydrogens (primary N) is 1. The molecular formula is C12H15F2N3O2. The van der Waals surface area contributed by atoms with Crippen molar-refractivity contribution in [2.24, 2.45) is 5.84 Å². The molecule has 5 nitrogen and oxygen atoms in total.